The molecule has 1 saturated heterocycles. The molecule has 10 heteroatoms. The SMILES string of the molecule is CN=C(NCC(C)c1c(C)noc1C)NCC1C(C)OC(C)(C)N1C(=O)OC(C)(C)C.I. The molecular formula is C22H40IN5O4. The van der Waals surface area contributed by atoms with Crippen LogP contribution >= 0.6 is 24.0 Å². The Kier molecular flexibility index (Phi) is 9.82. The Balaban J connectivity index is 0.00000512. The molecule has 0 aromatic carbocycles. The lowest BCUT2D eigenvalue weighted by atomic mass is 10.00. The third-order valence-corrected chi connectivity index (χ3v) is 5.38. The Morgan fingerprint density at radius 3 is 2.44 bits per heavy atom. The summed E-state index contributed by atoms with van der Waals surface area (Å²) in [5.41, 5.74) is 0.673. The van der Waals surface area contributed by atoms with Crippen molar-refractivity contribution < 1.29 is 18.8 Å². The second kappa shape index (κ2) is 11.0. The Morgan fingerprint density at radius 2 is 1.94 bits per heavy atom. The van der Waals surface area contributed by atoms with E-state index in [0.29, 0.717) is 19.0 Å². The quantitative estimate of drug-likeness (QED) is 0.317. The molecular weight excluding hydrogens is 525 g/mol. The van der Waals surface area contributed by atoms with Gasteiger partial charge in [-0.05, 0) is 55.4 Å². The lowest BCUT2D eigenvalue weighted by molar-refractivity contribution is -0.0755. The summed E-state index contributed by atoms with van der Waals surface area (Å²) in [4.78, 5) is 18.9. The van der Waals surface area contributed by atoms with Gasteiger partial charge in [0.25, 0.3) is 0 Å². The third-order valence-electron chi connectivity index (χ3n) is 5.38. The van der Waals surface area contributed by atoms with Crippen LogP contribution in [-0.2, 0) is 9.47 Å². The van der Waals surface area contributed by atoms with Crippen LogP contribution in [0, 0.1) is 13.8 Å². The second-order valence-corrected chi connectivity index (χ2v) is 9.66. The van der Waals surface area contributed by atoms with Crippen LogP contribution in [-0.4, -0.2) is 65.7 Å². The van der Waals surface area contributed by atoms with Crippen LogP contribution in [0.1, 0.15) is 71.4 Å². The number of nitrogens with one attached hydrogen (secondary N) is 2. The van der Waals surface area contributed by atoms with E-state index in [9.17, 15) is 4.79 Å². The molecule has 2 rings (SSSR count). The molecule has 1 fully saturated rings. The summed E-state index contributed by atoms with van der Waals surface area (Å²) < 4.78 is 17.0. The first-order chi connectivity index (χ1) is 14.3. The summed E-state index contributed by atoms with van der Waals surface area (Å²) in [6, 6.07) is -0.205. The number of nitrogens with zero attached hydrogens (tertiary/aromatic N) is 3. The number of carbonyl (C=O) groups excluding carboxylic acids is 1. The number of aliphatic imine (C=N–C) groups is 1. The van der Waals surface area contributed by atoms with Crippen molar-refractivity contribution in [3.05, 3.63) is 17.0 Å². The van der Waals surface area contributed by atoms with Gasteiger partial charge in [-0.2, -0.15) is 0 Å². The predicted octanol–water partition coefficient (Wildman–Crippen LogP) is 3.94. The molecule has 9 nitrogen and oxygen atoms in total. The topological polar surface area (TPSA) is 101 Å². The Labute approximate surface area is 209 Å². The van der Waals surface area contributed by atoms with E-state index in [1.807, 2.05) is 55.4 Å². The first-order valence-corrected chi connectivity index (χ1v) is 10.8. The van der Waals surface area contributed by atoms with Crippen LogP contribution in [0.15, 0.2) is 9.52 Å². The molecule has 184 valence electrons. The molecule has 1 amide bonds. The van der Waals surface area contributed by atoms with Gasteiger partial charge in [0.15, 0.2) is 5.96 Å². The van der Waals surface area contributed by atoms with Crippen molar-refractivity contribution in [3.63, 3.8) is 0 Å². The van der Waals surface area contributed by atoms with E-state index < -0.39 is 11.3 Å². The Bertz CT molecular complexity index is 783. The number of halogens is 1. The number of hydrogen-bond donors (Lipinski definition) is 2. The molecule has 1 aliphatic heterocycles. The van der Waals surface area contributed by atoms with Gasteiger partial charge in [-0.15, -0.1) is 24.0 Å². The summed E-state index contributed by atoms with van der Waals surface area (Å²) >= 11 is 0. The lowest BCUT2D eigenvalue weighted by Gasteiger charge is -2.35. The summed E-state index contributed by atoms with van der Waals surface area (Å²) in [6.45, 7) is 18.4. The first-order valence-electron chi connectivity index (χ1n) is 10.8. The molecule has 3 atom stereocenters. The van der Waals surface area contributed by atoms with E-state index >= 15 is 0 Å². The van der Waals surface area contributed by atoms with Crippen LogP contribution in [0.4, 0.5) is 4.79 Å². The van der Waals surface area contributed by atoms with Gasteiger partial charge in [0.2, 0.25) is 0 Å². The van der Waals surface area contributed by atoms with Crippen molar-refractivity contribution in [2.75, 3.05) is 20.1 Å². The monoisotopic (exact) mass is 565 g/mol. The molecule has 0 radical (unpaired) electrons. The highest BCUT2D eigenvalue weighted by atomic mass is 127. The van der Waals surface area contributed by atoms with E-state index in [0.717, 1.165) is 17.0 Å². The predicted molar refractivity (Wildman–Crippen MR) is 136 cm³/mol. The standard InChI is InChI=1S/C22H39N5O4.HI/c1-13(18-14(2)26-31-16(18)4)11-24-19(23-10)25-12-17-15(3)29-22(8,9)27(17)20(28)30-21(5,6)7;/h13,15,17H,11-12H2,1-10H3,(H2,23,24,25);1H. The van der Waals surface area contributed by atoms with Gasteiger partial charge in [-0.25, -0.2) is 4.79 Å². The third kappa shape index (κ3) is 6.97. The number of ether oxygens (including phenoxy) is 2. The average molecular weight is 565 g/mol. The normalized spacial score (nSPS) is 21.7. The molecule has 1 aromatic heterocycles. The van der Waals surface area contributed by atoms with Crippen LogP contribution in [0.3, 0.4) is 0 Å². The van der Waals surface area contributed by atoms with E-state index in [1.165, 1.54) is 0 Å². The molecule has 3 unspecified atom stereocenters. The van der Waals surface area contributed by atoms with Crippen molar-refractivity contribution >= 4 is 36.0 Å². The van der Waals surface area contributed by atoms with E-state index in [4.69, 9.17) is 14.0 Å². The maximum absolute atomic E-state index is 12.9. The van der Waals surface area contributed by atoms with Crippen LogP contribution in [0.5, 0.6) is 0 Å². The average Bonchev–Trinajstić information content (AvgIpc) is 3.07. The van der Waals surface area contributed by atoms with Gasteiger partial charge in [-0.3, -0.25) is 9.89 Å². The van der Waals surface area contributed by atoms with Crippen molar-refractivity contribution in [1.82, 2.24) is 20.7 Å². The fraction of sp³-hybridized carbons (Fsp3) is 0.773. The number of aromatic nitrogens is 1. The van der Waals surface area contributed by atoms with Gasteiger partial charge >= 0.3 is 6.09 Å². The largest absolute Gasteiger partial charge is 0.444 e. The maximum Gasteiger partial charge on any atom is 0.412 e. The first kappa shape index (κ1) is 28.5. The van der Waals surface area contributed by atoms with Gasteiger partial charge in [0, 0.05) is 31.6 Å². The highest BCUT2D eigenvalue weighted by Gasteiger charge is 2.49. The van der Waals surface area contributed by atoms with E-state index in [-0.39, 0.29) is 48.1 Å². The van der Waals surface area contributed by atoms with Crippen molar-refractivity contribution in [3.8, 4) is 0 Å². The van der Waals surface area contributed by atoms with Crippen LogP contribution in [0.2, 0.25) is 0 Å². The molecule has 1 aromatic rings. The number of aryl methyl sites for hydroxylation is 2. The maximum atomic E-state index is 12.9. The molecule has 0 saturated carbocycles. The minimum absolute atomic E-state index is 0. The number of rotatable bonds is 5. The fourth-order valence-electron chi connectivity index (χ4n) is 4.09. The highest BCUT2D eigenvalue weighted by Crippen LogP contribution is 2.33. The highest BCUT2D eigenvalue weighted by molar-refractivity contribution is 14.0. The van der Waals surface area contributed by atoms with E-state index in [1.54, 1.807) is 11.9 Å². The summed E-state index contributed by atoms with van der Waals surface area (Å²) in [7, 11) is 1.72. The molecule has 1 aliphatic rings. The van der Waals surface area contributed by atoms with Crippen molar-refractivity contribution in [2.45, 2.75) is 91.7 Å². The Morgan fingerprint density at radius 1 is 1.31 bits per heavy atom. The number of hydrogen-bond acceptors (Lipinski definition) is 6. The second-order valence-electron chi connectivity index (χ2n) is 9.66. The number of guanidine groups is 1. The molecule has 32 heavy (non-hydrogen) atoms. The molecule has 0 spiro atoms. The minimum atomic E-state index is -0.761. The van der Waals surface area contributed by atoms with E-state index in [2.05, 4.69) is 27.7 Å². The number of amides is 1. The van der Waals surface area contributed by atoms with Crippen molar-refractivity contribution in [2.24, 2.45) is 4.99 Å². The molecule has 0 aliphatic carbocycles. The molecule has 2 heterocycles. The molecule has 2 N–H and O–H groups in total. The summed E-state index contributed by atoms with van der Waals surface area (Å²) in [5, 5.41) is 10.7. The fourth-order valence-corrected chi connectivity index (χ4v) is 4.09. The van der Waals surface area contributed by atoms with Gasteiger partial charge < -0.3 is 24.6 Å². The van der Waals surface area contributed by atoms with Gasteiger partial charge in [0.05, 0.1) is 17.8 Å². The van der Waals surface area contributed by atoms with Crippen LogP contribution < -0.4 is 10.6 Å². The lowest BCUT2D eigenvalue weighted by Crippen LogP contribution is -2.54. The van der Waals surface area contributed by atoms with Crippen molar-refractivity contribution in [1.29, 1.82) is 0 Å². The zero-order valence-corrected chi connectivity index (χ0v) is 23.4. The minimum Gasteiger partial charge on any atom is -0.444 e. The van der Waals surface area contributed by atoms with Gasteiger partial charge in [0.1, 0.15) is 17.1 Å². The summed E-state index contributed by atoms with van der Waals surface area (Å²) in [6.07, 6.45) is -0.544. The summed E-state index contributed by atoms with van der Waals surface area (Å²) in [5.74, 6) is 1.69. The Hall–Kier alpha value is -1.56. The van der Waals surface area contributed by atoms with Gasteiger partial charge in [-0.1, -0.05) is 12.1 Å². The zero-order valence-electron chi connectivity index (χ0n) is 21.0. The smallest absolute Gasteiger partial charge is 0.412 e. The molecule has 0 bridgehead atoms. The number of carbonyl (C=O) groups is 1. The zero-order chi connectivity index (χ0) is 23.6. The van der Waals surface area contributed by atoms with Crippen LogP contribution in [0.25, 0.3) is 0 Å².